The summed E-state index contributed by atoms with van der Waals surface area (Å²) in [7, 11) is 0. The first-order valence-corrected chi connectivity index (χ1v) is 7.24. The Labute approximate surface area is 122 Å². The lowest BCUT2D eigenvalue weighted by atomic mass is 10.1. The van der Waals surface area contributed by atoms with E-state index in [9.17, 15) is 9.59 Å². The molecule has 0 radical (unpaired) electrons. The Hall–Kier alpha value is -1.82. The van der Waals surface area contributed by atoms with Crippen molar-refractivity contribution in [1.29, 1.82) is 0 Å². The summed E-state index contributed by atoms with van der Waals surface area (Å²) in [5.41, 5.74) is 6.40. The van der Waals surface area contributed by atoms with Crippen LogP contribution < -0.4 is 11.1 Å². The summed E-state index contributed by atoms with van der Waals surface area (Å²) in [6.45, 7) is 9.64. The number of nitrogens with two attached hydrogens (primary N) is 1. The van der Waals surface area contributed by atoms with Crippen LogP contribution in [0.4, 0.5) is 10.7 Å². The van der Waals surface area contributed by atoms with E-state index in [1.807, 2.05) is 0 Å². The maximum atomic E-state index is 12.1. The number of anilines is 2. The Morgan fingerprint density at radius 3 is 2.65 bits per heavy atom. The molecule has 1 heterocycles. The highest BCUT2D eigenvalue weighted by Gasteiger charge is 2.27. The molecule has 0 spiro atoms. The highest BCUT2D eigenvalue weighted by atomic mass is 32.1. The summed E-state index contributed by atoms with van der Waals surface area (Å²) in [4.78, 5) is 24.5. The van der Waals surface area contributed by atoms with Crippen molar-refractivity contribution >= 4 is 33.8 Å². The van der Waals surface area contributed by atoms with Crippen LogP contribution in [0, 0.1) is 5.92 Å². The van der Waals surface area contributed by atoms with Crippen LogP contribution in [-0.2, 0) is 4.74 Å². The van der Waals surface area contributed by atoms with Crippen LogP contribution in [0.3, 0.4) is 0 Å². The van der Waals surface area contributed by atoms with E-state index >= 15 is 0 Å². The highest BCUT2D eigenvalue weighted by molar-refractivity contribution is 7.19. The van der Waals surface area contributed by atoms with Crippen LogP contribution in [0.25, 0.3) is 0 Å². The Morgan fingerprint density at radius 1 is 1.50 bits per heavy atom. The Bertz CT molecular complexity index is 521. The Balaban J connectivity index is 3.26. The third kappa shape index (κ3) is 3.39. The zero-order valence-corrected chi connectivity index (χ0v) is 12.8. The van der Waals surface area contributed by atoms with Gasteiger partial charge in [0.05, 0.1) is 17.2 Å². The van der Waals surface area contributed by atoms with Crippen LogP contribution in [-0.4, -0.2) is 24.9 Å². The van der Waals surface area contributed by atoms with Gasteiger partial charge in [0.1, 0.15) is 10.6 Å². The van der Waals surface area contributed by atoms with Gasteiger partial charge in [-0.3, -0.25) is 4.79 Å². The van der Waals surface area contributed by atoms with Gasteiger partial charge in [-0.05, 0) is 6.92 Å². The fraction of sp³-hybridized carbons (Fsp3) is 0.429. The molecule has 1 rings (SSSR count). The second kappa shape index (κ2) is 7.09. The van der Waals surface area contributed by atoms with Crippen molar-refractivity contribution in [3.05, 3.63) is 23.1 Å². The molecule has 1 aromatic rings. The van der Waals surface area contributed by atoms with Gasteiger partial charge in [-0.25, -0.2) is 4.79 Å². The highest BCUT2D eigenvalue weighted by Crippen LogP contribution is 2.37. The van der Waals surface area contributed by atoms with E-state index in [0.717, 1.165) is 0 Å². The first kappa shape index (κ1) is 16.2. The molecule has 0 unspecified atom stereocenters. The van der Waals surface area contributed by atoms with Crippen molar-refractivity contribution in [2.45, 2.75) is 20.8 Å². The molecular weight excluding hydrogens is 276 g/mol. The maximum absolute atomic E-state index is 12.1. The number of esters is 1. The minimum atomic E-state index is -0.518. The molecule has 0 amide bonds. The zero-order valence-electron chi connectivity index (χ0n) is 12.0. The molecular formula is C14H20N2O3S. The molecule has 110 valence electrons. The van der Waals surface area contributed by atoms with Gasteiger partial charge in [-0.2, -0.15) is 0 Å². The first-order valence-electron chi connectivity index (χ1n) is 6.42. The average Bonchev–Trinajstić information content (AvgIpc) is 2.72. The third-order valence-corrected chi connectivity index (χ3v) is 3.76. The fourth-order valence-corrected chi connectivity index (χ4v) is 2.79. The van der Waals surface area contributed by atoms with Crippen LogP contribution in [0.15, 0.2) is 12.7 Å². The normalized spacial score (nSPS) is 10.4. The summed E-state index contributed by atoms with van der Waals surface area (Å²) in [6.07, 6.45) is 1.66. The van der Waals surface area contributed by atoms with Crippen molar-refractivity contribution in [1.82, 2.24) is 0 Å². The SMILES string of the molecule is C=CCNc1sc(C(=O)C(C)C)c(N)c1C(=O)OCC. The molecule has 0 fully saturated rings. The van der Waals surface area contributed by atoms with Crippen molar-refractivity contribution in [3.8, 4) is 0 Å². The van der Waals surface area contributed by atoms with Crippen molar-refractivity contribution in [2.24, 2.45) is 5.92 Å². The van der Waals surface area contributed by atoms with Gasteiger partial charge in [0.15, 0.2) is 5.78 Å². The first-order chi connectivity index (χ1) is 9.43. The number of rotatable bonds is 7. The molecule has 20 heavy (non-hydrogen) atoms. The summed E-state index contributed by atoms with van der Waals surface area (Å²) in [5, 5.41) is 3.57. The lowest BCUT2D eigenvalue weighted by Gasteiger charge is -2.05. The van der Waals surface area contributed by atoms with E-state index in [1.54, 1.807) is 26.8 Å². The predicted molar refractivity (Wildman–Crippen MR) is 82.5 cm³/mol. The van der Waals surface area contributed by atoms with E-state index in [0.29, 0.717) is 16.4 Å². The number of Topliss-reactive ketones (excluding diaryl/α,β-unsaturated/α-hetero) is 1. The molecule has 0 aliphatic rings. The standard InChI is InChI=1S/C14H20N2O3S/c1-5-7-16-13-9(14(18)19-6-2)10(15)12(20-13)11(17)8(3)4/h5,8,16H,1,6-7,15H2,2-4H3. The van der Waals surface area contributed by atoms with E-state index in [-0.39, 0.29) is 29.6 Å². The van der Waals surface area contributed by atoms with Gasteiger partial charge in [0, 0.05) is 12.5 Å². The van der Waals surface area contributed by atoms with Gasteiger partial charge < -0.3 is 15.8 Å². The van der Waals surface area contributed by atoms with E-state index < -0.39 is 5.97 Å². The molecule has 0 aromatic carbocycles. The minimum Gasteiger partial charge on any atom is -0.462 e. The van der Waals surface area contributed by atoms with Gasteiger partial charge in [0.2, 0.25) is 0 Å². The number of nitrogens with one attached hydrogen (secondary N) is 1. The average molecular weight is 296 g/mol. The van der Waals surface area contributed by atoms with Crippen LogP contribution in [0.2, 0.25) is 0 Å². The number of nitrogen functional groups attached to an aromatic ring is 1. The number of ether oxygens (including phenoxy) is 1. The predicted octanol–water partition coefficient (Wildman–Crippen LogP) is 2.94. The molecule has 0 saturated carbocycles. The quantitative estimate of drug-likeness (QED) is 0.459. The molecule has 0 aliphatic carbocycles. The van der Waals surface area contributed by atoms with Crippen molar-refractivity contribution < 1.29 is 14.3 Å². The van der Waals surface area contributed by atoms with Gasteiger partial charge in [-0.1, -0.05) is 19.9 Å². The second-order valence-electron chi connectivity index (χ2n) is 4.46. The molecule has 0 aliphatic heterocycles. The number of carbonyl (C=O) groups excluding carboxylic acids is 2. The molecule has 6 heteroatoms. The Morgan fingerprint density at radius 2 is 2.15 bits per heavy atom. The number of carbonyl (C=O) groups is 2. The fourth-order valence-electron chi connectivity index (χ4n) is 1.58. The zero-order chi connectivity index (χ0) is 15.3. The van der Waals surface area contributed by atoms with Crippen LogP contribution in [0.1, 0.15) is 40.8 Å². The summed E-state index contributed by atoms with van der Waals surface area (Å²) >= 11 is 1.18. The minimum absolute atomic E-state index is 0.0790. The largest absolute Gasteiger partial charge is 0.462 e. The molecule has 0 atom stereocenters. The smallest absolute Gasteiger partial charge is 0.343 e. The Kier molecular flexibility index (Phi) is 5.76. The lowest BCUT2D eigenvalue weighted by molar-refractivity contribution is 0.0529. The number of ketones is 1. The molecule has 0 bridgehead atoms. The van der Waals surface area contributed by atoms with Gasteiger partial charge in [-0.15, -0.1) is 17.9 Å². The maximum Gasteiger partial charge on any atom is 0.343 e. The van der Waals surface area contributed by atoms with E-state index in [2.05, 4.69) is 11.9 Å². The number of hydrogen-bond acceptors (Lipinski definition) is 6. The van der Waals surface area contributed by atoms with Crippen molar-refractivity contribution in [3.63, 3.8) is 0 Å². The summed E-state index contributed by atoms with van der Waals surface area (Å²) in [6, 6.07) is 0. The second-order valence-corrected chi connectivity index (χ2v) is 5.48. The molecule has 1 aromatic heterocycles. The topological polar surface area (TPSA) is 81.4 Å². The summed E-state index contributed by atoms with van der Waals surface area (Å²) < 4.78 is 4.99. The number of hydrogen-bond donors (Lipinski definition) is 2. The van der Waals surface area contributed by atoms with E-state index in [1.165, 1.54) is 11.3 Å². The summed E-state index contributed by atoms with van der Waals surface area (Å²) in [5.74, 6) is -0.779. The molecule has 5 nitrogen and oxygen atoms in total. The van der Waals surface area contributed by atoms with Crippen LogP contribution >= 0.6 is 11.3 Å². The van der Waals surface area contributed by atoms with Crippen LogP contribution in [0.5, 0.6) is 0 Å². The third-order valence-electron chi connectivity index (χ3n) is 2.58. The lowest BCUT2D eigenvalue weighted by Crippen LogP contribution is -2.12. The van der Waals surface area contributed by atoms with Crippen molar-refractivity contribution in [2.75, 3.05) is 24.2 Å². The van der Waals surface area contributed by atoms with Gasteiger partial charge >= 0.3 is 5.97 Å². The molecule has 0 saturated heterocycles. The van der Waals surface area contributed by atoms with E-state index in [4.69, 9.17) is 10.5 Å². The monoisotopic (exact) mass is 296 g/mol. The molecule has 3 N–H and O–H groups in total. The number of thiophene rings is 1. The van der Waals surface area contributed by atoms with Gasteiger partial charge in [0.25, 0.3) is 0 Å².